The standard InChI is InChI=1S/C19H18ClN3O6/c20-11-5-12-18(22-17(11)9-1-2-14-15(3-9)28-8-27-14)23-19(21-12)29-10-4-13(25)16(6-24)26-7-10/h1-3,5,10,13,16,24-25H,4,6-8H2,(H,21,22,23). The van der Waals surface area contributed by atoms with Crippen LogP contribution in [-0.2, 0) is 4.74 Å². The Morgan fingerprint density at radius 2 is 2.07 bits per heavy atom. The van der Waals surface area contributed by atoms with Crippen LogP contribution in [0.25, 0.3) is 22.4 Å². The zero-order chi connectivity index (χ0) is 20.0. The Labute approximate surface area is 170 Å². The van der Waals surface area contributed by atoms with E-state index in [1.54, 1.807) is 6.07 Å². The maximum Gasteiger partial charge on any atom is 0.296 e. The van der Waals surface area contributed by atoms with Gasteiger partial charge in [0, 0.05) is 12.0 Å². The number of aliphatic hydroxyl groups excluding tert-OH is 2. The molecule has 4 heterocycles. The van der Waals surface area contributed by atoms with Crippen LogP contribution in [0.15, 0.2) is 24.3 Å². The zero-order valence-electron chi connectivity index (χ0n) is 15.2. The second-order valence-electron chi connectivity index (χ2n) is 6.90. The van der Waals surface area contributed by atoms with Crippen molar-refractivity contribution in [3.05, 3.63) is 29.3 Å². The summed E-state index contributed by atoms with van der Waals surface area (Å²) in [5.74, 6) is 1.32. The molecule has 1 fully saturated rings. The average Bonchev–Trinajstić information content (AvgIpc) is 3.32. The number of nitrogens with zero attached hydrogens (tertiary/aromatic N) is 2. The number of nitrogens with one attached hydrogen (secondary N) is 1. The first-order valence-electron chi connectivity index (χ1n) is 9.14. The summed E-state index contributed by atoms with van der Waals surface area (Å²) in [5.41, 5.74) is 2.42. The number of hydrogen-bond acceptors (Lipinski definition) is 8. The number of H-pyrrole nitrogens is 1. The number of pyridine rings is 1. The van der Waals surface area contributed by atoms with Crippen LogP contribution in [0.5, 0.6) is 17.5 Å². The fourth-order valence-electron chi connectivity index (χ4n) is 3.44. The maximum absolute atomic E-state index is 9.98. The molecule has 10 heteroatoms. The molecule has 0 radical (unpaired) electrons. The van der Waals surface area contributed by atoms with E-state index in [-0.39, 0.29) is 26.0 Å². The van der Waals surface area contributed by atoms with Crippen molar-refractivity contribution in [2.75, 3.05) is 20.0 Å². The first-order chi connectivity index (χ1) is 14.1. The largest absolute Gasteiger partial charge is 0.459 e. The van der Waals surface area contributed by atoms with E-state index in [1.807, 2.05) is 18.2 Å². The van der Waals surface area contributed by atoms with Gasteiger partial charge in [0.05, 0.1) is 35.6 Å². The van der Waals surface area contributed by atoms with Gasteiger partial charge in [-0.2, -0.15) is 4.98 Å². The van der Waals surface area contributed by atoms with Crippen molar-refractivity contribution in [1.29, 1.82) is 0 Å². The minimum atomic E-state index is -0.798. The minimum Gasteiger partial charge on any atom is -0.459 e. The van der Waals surface area contributed by atoms with Crippen molar-refractivity contribution in [1.82, 2.24) is 15.0 Å². The zero-order valence-corrected chi connectivity index (χ0v) is 15.9. The Balaban J connectivity index is 1.40. The number of hydrogen-bond donors (Lipinski definition) is 3. The van der Waals surface area contributed by atoms with Crippen LogP contribution in [0.3, 0.4) is 0 Å². The molecule has 3 unspecified atom stereocenters. The Morgan fingerprint density at radius 3 is 2.90 bits per heavy atom. The summed E-state index contributed by atoms with van der Waals surface area (Å²) in [5, 5.41) is 19.6. The number of imidazole rings is 1. The van der Waals surface area contributed by atoms with Crippen LogP contribution < -0.4 is 14.2 Å². The Bertz CT molecular complexity index is 1060. The van der Waals surface area contributed by atoms with E-state index in [2.05, 4.69) is 15.0 Å². The van der Waals surface area contributed by atoms with E-state index < -0.39 is 18.3 Å². The van der Waals surface area contributed by atoms with E-state index in [0.29, 0.717) is 39.8 Å². The fraction of sp³-hybridized carbons (Fsp3) is 0.368. The van der Waals surface area contributed by atoms with Crippen molar-refractivity contribution >= 4 is 22.8 Å². The van der Waals surface area contributed by atoms with Crippen molar-refractivity contribution < 1.29 is 29.2 Å². The van der Waals surface area contributed by atoms with Gasteiger partial charge >= 0.3 is 0 Å². The molecule has 152 valence electrons. The van der Waals surface area contributed by atoms with Gasteiger partial charge in [-0.25, -0.2) is 4.98 Å². The summed E-state index contributed by atoms with van der Waals surface area (Å²) >= 11 is 6.44. The van der Waals surface area contributed by atoms with Crippen molar-refractivity contribution in [3.63, 3.8) is 0 Å². The monoisotopic (exact) mass is 419 g/mol. The molecular formula is C19H18ClN3O6. The lowest BCUT2D eigenvalue weighted by Gasteiger charge is -2.31. The molecule has 29 heavy (non-hydrogen) atoms. The smallest absolute Gasteiger partial charge is 0.296 e. The topological polar surface area (TPSA) is 119 Å². The predicted molar refractivity (Wildman–Crippen MR) is 102 cm³/mol. The van der Waals surface area contributed by atoms with Crippen molar-refractivity contribution in [2.45, 2.75) is 24.7 Å². The van der Waals surface area contributed by atoms with E-state index in [0.717, 1.165) is 5.56 Å². The normalized spacial score (nSPS) is 23.5. The number of ether oxygens (including phenoxy) is 4. The molecule has 0 amide bonds. The van der Waals surface area contributed by atoms with Gasteiger partial charge in [-0.3, -0.25) is 0 Å². The highest BCUT2D eigenvalue weighted by Gasteiger charge is 2.31. The second kappa shape index (κ2) is 7.34. The van der Waals surface area contributed by atoms with Crippen LogP contribution in [0, 0.1) is 0 Å². The van der Waals surface area contributed by atoms with E-state index in [1.165, 1.54) is 0 Å². The van der Waals surface area contributed by atoms with Gasteiger partial charge in [-0.15, -0.1) is 0 Å². The molecule has 5 rings (SSSR count). The molecule has 0 spiro atoms. The first-order valence-corrected chi connectivity index (χ1v) is 9.52. The summed E-state index contributed by atoms with van der Waals surface area (Å²) in [7, 11) is 0. The van der Waals surface area contributed by atoms with Crippen LogP contribution in [0.4, 0.5) is 0 Å². The number of benzene rings is 1. The number of rotatable bonds is 4. The molecule has 0 bridgehead atoms. The minimum absolute atomic E-state index is 0.192. The SMILES string of the molecule is OCC1OCC(Oc2nc3nc(-c4ccc5c(c4)OCO5)c(Cl)cc3[nH]2)CC1O. The lowest BCUT2D eigenvalue weighted by Crippen LogP contribution is -2.45. The quantitative estimate of drug-likeness (QED) is 0.586. The van der Waals surface area contributed by atoms with E-state index >= 15 is 0 Å². The molecular weight excluding hydrogens is 402 g/mol. The molecule has 3 N–H and O–H groups in total. The second-order valence-corrected chi connectivity index (χ2v) is 7.30. The molecule has 1 aromatic carbocycles. The number of fused-ring (bicyclic) bond motifs is 2. The first kappa shape index (κ1) is 18.4. The highest BCUT2D eigenvalue weighted by Crippen LogP contribution is 2.38. The number of aromatic nitrogens is 3. The molecule has 0 saturated carbocycles. The average molecular weight is 420 g/mol. The van der Waals surface area contributed by atoms with Gasteiger partial charge in [-0.1, -0.05) is 11.6 Å². The van der Waals surface area contributed by atoms with Crippen LogP contribution in [-0.4, -0.2) is 63.5 Å². The third-order valence-corrected chi connectivity index (χ3v) is 5.23. The molecule has 0 aliphatic carbocycles. The lowest BCUT2D eigenvalue weighted by atomic mass is 10.0. The number of halogens is 1. The molecule has 2 aromatic heterocycles. The molecule has 9 nitrogen and oxygen atoms in total. The van der Waals surface area contributed by atoms with Gasteiger partial charge in [-0.05, 0) is 24.3 Å². The van der Waals surface area contributed by atoms with Crippen molar-refractivity contribution in [3.8, 4) is 28.8 Å². The Morgan fingerprint density at radius 1 is 1.21 bits per heavy atom. The number of aromatic amines is 1. The van der Waals surface area contributed by atoms with Gasteiger partial charge in [0.25, 0.3) is 6.01 Å². The molecule has 2 aliphatic rings. The molecule has 3 atom stereocenters. The van der Waals surface area contributed by atoms with Crippen LogP contribution >= 0.6 is 11.6 Å². The summed E-state index contributed by atoms with van der Waals surface area (Å²) < 4.78 is 22.0. The van der Waals surface area contributed by atoms with E-state index in [4.69, 9.17) is 35.7 Å². The Kier molecular flexibility index (Phi) is 4.67. The molecule has 3 aromatic rings. The molecule has 1 saturated heterocycles. The molecule has 2 aliphatic heterocycles. The summed E-state index contributed by atoms with van der Waals surface area (Å²) in [6.07, 6.45) is -1.44. The number of aliphatic hydroxyl groups is 2. The van der Waals surface area contributed by atoms with Gasteiger partial charge in [0.1, 0.15) is 12.2 Å². The highest BCUT2D eigenvalue weighted by atomic mass is 35.5. The summed E-state index contributed by atoms with van der Waals surface area (Å²) in [4.78, 5) is 12.0. The summed E-state index contributed by atoms with van der Waals surface area (Å²) in [6, 6.07) is 7.49. The van der Waals surface area contributed by atoms with Gasteiger partial charge in [0.15, 0.2) is 17.1 Å². The predicted octanol–water partition coefficient (Wildman–Crippen LogP) is 1.90. The third-order valence-electron chi connectivity index (χ3n) is 4.94. The summed E-state index contributed by atoms with van der Waals surface area (Å²) in [6.45, 7) is 0.206. The lowest BCUT2D eigenvalue weighted by molar-refractivity contribution is -0.131. The highest BCUT2D eigenvalue weighted by molar-refractivity contribution is 6.33. The van der Waals surface area contributed by atoms with E-state index in [9.17, 15) is 5.11 Å². The van der Waals surface area contributed by atoms with Gasteiger partial charge in [0.2, 0.25) is 6.79 Å². The van der Waals surface area contributed by atoms with Crippen molar-refractivity contribution in [2.24, 2.45) is 0 Å². The fourth-order valence-corrected chi connectivity index (χ4v) is 3.70. The Hall–Kier alpha value is -2.59. The van der Waals surface area contributed by atoms with Crippen LogP contribution in [0.1, 0.15) is 6.42 Å². The third kappa shape index (κ3) is 3.46. The van der Waals surface area contributed by atoms with Gasteiger partial charge < -0.3 is 34.1 Å². The van der Waals surface area contributed by atoms with Crippen LogP contribution in [0.2, 0.25) is 5.02 Å². The maximum atomic E-state index is 9.98.